The minimum absolute atomic E-state index is 0.348. The van der Waals surface area contributed by atoms with Gasteiger partial charge >= 0.3 is 0 Å². The van der Waals surface area contributed by atoms with Crippen LogP contribution in [-0.4, -0.2) is 30.0 Å². The zero-order chi connectivity index (χ0) is 14.3. The van der Waals surface area contributed by atoms with Crippen molar-refractivity contribution in [2.24, 2.45) is 7.05 Å². The minimum Gasteiger partial charge on any atom is -0.399 e. The van der Waals surface area contributed by atoms with Gasteiger partial charge in [0, 0.05) is 18.3 Å². The van der Waals surface area contributed by atoms with Crippen LogP contribution >= 0.6 is 23.2 Å². The predicted octanol–water partition coefficient (Wildman–Crippen LogP) is 1.95. The fourth-order valence-electron chi connectivity index (χ4n) is 1.82. The molecule has 0 aliphatic carbocycles. The fourth-order valence-corrected chi connectivity index (χ4v) is 2.24. The van der Waals surface area contributed by atoms with Crippen LogP contribution in [0.2, 0.25) is 10.0 Å². The number of nitrogens with zero attached hydrogens (tertiary/aromatic N) is 6. The van der Waals surface area contributed by atoms with E-state index >= 15 is 0 Å². The number of halogens is 2. The molecule has 2 heterocycles. The monoisotopic (exact) mass is 309 g/mol. The lowest BCUT2D eigenvalue weighted by atomic mass is 10.2. The zero-order valence-electron chi connectivity index (χ0n) is 10.3. The first-order chi connectivity index (χ1) is 9.56. The molecule has 7 nitrogen and oxygen atoms in total. The third-order valence-electron chi connectivity index (χ3n) is 2.70. The highest BCUT2D eigenvalue weighted by atomic mass is 35.5. The summed E-state index contributed by atoms with van der Waals surface area (Å²) >= 11 is 12.2. The normalized spacial score (nSPS) is 10.9. The van der Waals surface area contributed by atoms with E-state index in [9.17, 15) is 0 Å². The largest absolute Gasteiger partial charge is 0.399 e. The lowest BCUT2D eigenvalue weighted by molar-refractivity contribution is 0.762. The predicted molar refractivity (Wildman–Crippen MR) is 75.8 cm³/mol. The van der Waals surface area contributed by atoms with E-state index in [2.05, 4.69) is 20.6 Å². The Balaban J connectivity index is 2.20. The highest BCUT2D eigenvalue weighted by molar-refractivity contribution is 6.43. The van der Waals surface area contributed by atoms with Crippen LogP contribution in [0.4, 0.5) is 5.69 Å². The fraction of sp³-hybridized carbons (Fsp3) is 0.0909. The Hall–Kier alpha value is -2.12. The van der Waals surface area contributed by atoms with Gasteiger partial charge in [0.15, 0.2) is 5.82 Å². The molecule has 0 amide bonds. The highest BCUT2D eigenvalue weighted by Crippen LogP contribution is 2.35. The molecule has 1 aromatic carbocycles. The van der Waals surface area contributed by atoms with E-state index in [0.717, 1.165) is 0 Å². The van der Waals surface area contributed by atoms with Crippen LogP contribution in [0.5, 0.6) is 0 Å². The Labute approximate surface area is 123 Å². The molecule has 102 valence electrons. The SMILES string of the molecule is Cn1cc(-n2nnnc2-c2cc(N)cc(Cl)c2Cl)cn1. The van der Waals surface area contributed by atoms with E-state index < -0.39 is 0 Å². The Bertz CT molecular complexity index is 777. The molecular formula is C11H9Cl2N7. The number of rotatable bonds is 2. The number of anilines is 1. The molecule has 3 rings (SSSR count). The first-order valence-electron chi connectivity index (χ1n) is 5.58. The molecule has 2 N–H and O–H groups in total. The second kappa shape index (κ2) is 4.77. The van der Waals surface area contributed by atoms with E-state index in [1.165, 1.54) is 4.68 Å². The van der Waals surface area contributed by atoms with Gasteiger partial charge in [0.25, 0.3) is 0 Å². The van der Waals surface area contributed by atoms with E-state index in [-0.39, 0.29) is 0 Å². The second-order valence-electron chi connectivity index (χ2n) is 4.15. The van der Waals surface area contributed by atoms with E-state index in [1.807, 2.05) is 0 Å². The Morgan fingerprint density at radius 2 is 2.05 bits per heavy atom. The van der Waals surface area contributed by atoms with E-state index in [4.69, 9.17) is 28.9 Å². The maximum absolute atomic E-state index is 6.20. The zero-order valence-corrected chi connectivity index (χ0v) is 11.8. The van der Waals surface area contributed by atoms with Gasteiger partial charge in [-0.25, -0.2) is 0 Å². The second-order valence-corrected chi connectivity index (χ2v) is 4.94. The molecule has 0 spiro atoms. The molecule has 0 saturated heterocycles. The van der Waals surface area contributed by atoms with Crippen molar-refractivity contribution in [3.63, 3.8) is 0 Å². The van der Waals surface area contributed by atoms with E-state index in [0.29, 0.717) is 32.8 Å². The molecule has 9 heteroatoms. The van der Waals surface area contributed by atoms with Crippen LogP contribution in [0.3, 0.4) is 0 Å². The average Bonchev–Trinajstić information content (AvgIpc) is 3.01. The summed E-state index contributed by atoms with van der Waals surface area (Å²) in [5.41, 5.74) is 7.54. The van der Waals surface area contributed by atoms with Gasteiger partial charge < -0.3 is 5.73 Å². The van der Waals surface area contributed by atoms with Crippen LogP contribution in [0.15, 0.2) is 24.5 Å². The lowest BCUT2D eigenvalue weighted by Crippen LogP contribution is -2.00. The molecule has 2 aromatic heterocycles. The summed E-state index contributed by atoms with van der Waals surface area (Å²) in [5, 5.41) is 16.4. The Kier molecular flexibility index (Phi) is 3.07. The average molecular weight is 310 g/mol. The topological polar surface area (TPSA) is 87.4 Å². The maximum Gasteiger partial charge on any atom is 0.188 e. The van der Waals surface area contributed by atoms with E-state index in [1.54, 1.807) is 36.3 Å². The van der Waals surface area contributed by atoms with Crippen molar-refractivity contribution in [1.29, 1.82) is 0 Å². The number of aryl methyl sites for hydroxylation is 1. The summed E-state index contributed by atoms with van der Waals surface area (Å²) in [6.07, 6.45) is 3.42. The molecular weight excluding hydrogens is 301 g/mol. The molecule has 20 heavy (non-hydrogen) atoms. The summed E-state index contributed by atoms with van der Waals surface area (Å²) in [5.74, 6) is 0.442. The van der Waals surface area contributed by atoms with Crippen LogP contribution in [-0.2, 0) is 7.05 Å². The number of nitrogens with two attached hydrogens (primary N) is 1. The third kappa shape index (κ3) is 2.10. The summed E-state index contributed by atoms with van der Waals surface area (Å²) in [6.45, 7) is 0. The molecule has 0 aliphatic heterocycles. The Morgan fingerprint density at radius 1 is 1.25 bits per heavy atom. The number of benzene rings is 1. The standard InChI is InChI=1S/C11H9Cl2N7/c1-19-5-7(4-15-19)20-11(16-17-18-20)8-2-6(14)3-9(12)10(8)13/h2-5H,14H2,1H3. The van der Waals surface area contributed by atoms with Crippen LogP contribution < -0.4 is 5.73 Å². The summed E-state index contributed by atoms with van der Waals surface area (Å²) in [4.78, 5) is 0. The van der Waals surface area contributed by atoms with Crippen molar-refractivity contribution in [3.05, 3.63) is 34.6 Å². The van der Waals surface area contributed by atoms with Crippen molar-refractivity contribution < 1.29 is 0 Å². The molecule has 3 aromatic rings. The number of tetrazole rings is 1. The molecule has 0 bridgehead atoms. The number of aromatic nitrogens is 6. The van der Waals surface area contributed by atoms with Crippen molar-refractivity contribution in [2.45, 2.75) is 0 Å². The molecule has 0 saturated carbocycles. The van der Waals surface area contributed by atoms with Crippen molar-refractivity contribution in [2.75, 3.05) is 5.73 Å². The summed E-state index contributed by atoms with van der Waals surface area (Å²) < 4.78 is 3.17. The summed E-state index contributed by atoms with van der Waals surface area (Å²) in [6, 6.07) is 3.25. The van der Waals surface area contributed by atoms with Gasteiger partial charge in [0.05, 0.1) is 22.4 Å². The lowest BCUT2D eigenvalue weighted by Gasteiger charge is -2.07. The quantitative estimate of drug-likeness (QED) is 0.731. The van der Waals surface area contributed by atoms with Crippen LogP contribution in [0, 0.1) is 0 Å². The minimum atomic E-state index is 0.348. The van der Waals surface area contributed by atoms with Crippen LogP contribution in [0.1, 0.15) is 0 Å². The molecule has 0 unspecified atom stereocenters. The Morgan fingerprint density at radius 3 is 2.75 bits per heavy atom. The maximum atomic E-state index is 6.20. The first-order valence-corrected chi connectivity index (χ1v) is 6.34. The van der Waals surface area contributed by atoms with Gasteiger partial charge in [0.1, 0.15) is 5.69 Å². The van der Waals surface area contributed by atoms with Crippen molar-refractivity contribution in [3.8, 4) is 17.1 Å². The number of hydrogen-bond donors (Lipinski definition) is 1. The van der Waals surface area contributed by atoms with Gasteiger partial charge in [-0.2, -0.15) is 9.78 Å². The van der Waals surface area contributed by atoms with Gasteiger partial charge in [-0.05, 0) is 22.6 Å². The van der Waals surface area contributed by atoms with Crippen LogP contribution in [0.25, 0.3) is 17.1 Å². The van der Waals surface area contributed by atoms with Crippen molar-refractivity contribution >= 4 is 28.9 Å². The molecule has 0 radical (unpaired) electrons. The number of nitrogen functional groups attached to an aromatic ring is 1. The summed E-state index contributed by atoms with van der Waals surface area (Å²) in [7, 11) is 1.80. The number of hydrogen-bond acceptors (Lipinski definition) is 5. The molecule has 0 aliphatic rings. The van der Waals surface area contributed by atoms with Gasteiger partial charge in [-0.3, -0.25) is 4.68 Å². The van der Waals surface area contributed by atoms with Gasteiger partial charge in [-0.1, -0.05) is 23.2 Å². The van der Waals surface area contributed by atoms with Crippen molar-refractivity contribution in [1.82, 2.24) is 30.0 Å². The van der Waals surface area contributed by atoms with Gasteiger partial charge in [-0.15, -0.1) is 5.10 Å². The third-order valence-corrected chi connectivity index (χ3v) is 3.50. The smallest absolute Gasteiger partial charge is 0.188 e. The molecule has 0 fully saturated rings. The highest BCUT2D eigenvalue weighted by Gasteiger charge is 2.17. The van der Waals surface area contributed by atoms with Gasteiger partial charge in [0.2, 0.25) is 0 Å². The molecule has 0 atom stereocenters. The first kappa shape index (κ1) is 12.9.